The molecule has 0 saturated carbocycles. The van der Waals surface area contributed by atoms with Crippen molar-refractivity contribution >= 4 is 49.7 Å². The average molecular weight is 224 g/mol. The fourth-order valence-corrected chi connectivity index (χ4v) is 0.245. The van der Waals surface area contributed by atoms with Crippen LogP contribution in [0.15, 0.2) is 24.3 Å². The van der Waals surface area contributed by atoms with Gasteiger partial charge in [0.25, 0.3) is 0 Å². The van der Waals surface area contributed by atoms with Gasteiger partial charge < -0.3 is 19.8 Å². The van der Waals surface area contributed by atoms with Gasteiger partial charge in [0.1, 0.15) is 0 Å². The molecule has 0 aromatic carbocycles. The van der Waals surface area contributed by atoms with Gasteiger partial charge in [0.05, 0.1) is 5.97 Å². The van der Waals surface area contributed by atoms with E-state index in [0.29, 0.717) is 0 Å². The van der Waals surface area contributed by atoms with E-state index in [1.165, 1.54) is 13.0 Å². The number of carboxylic acids is 2. The number of carbonyl (C=O) groups is 2. The molecule has 0 bridgehead atoms. The summed E-state index contributed by atoms with van der Waals surface area (Å²) in [5.74, 6) is -2.16. The summed E-state index contributed by atoms with van der Waals surface area (Å²) in [6.45, 7) is 3.34. The molecule has 0 aliphatic rings. The summed E-state index contributed by atoms with van der Waals surface area (Å²) in [6, 6.07) is 0. The zero-order chi connectivity index (χ0) is 10.7. The van der Waals surface area contributed by atoms with Gasteiger partial charge in [-0.25, -0.2) is 0 Å². The maximum Gasteiger partial charge on any atom is 2.00 e. The normalized spacial score (nSPS) is 9.00. The third-order valence-electron chi connectivity index (χ3n) is 0.825. The standard InChI is InChI=1S/C6H8O2.C3H6O2.Ca/c1-2-3-4-5-6(7)8;1-2-3(4)5;/h2-5H,1H3,(H,7,8);2H2,1H3,(H,4,5);/q;;+2/p-2/b3-2+,5-4+;;. The second-order valence-corrected chi connectivity index (χ2v) is 1.93. The van der Waals surface area contributed by atoms with E-state index in [1.807, 2.05) is 0 Å². The monoisotopic (exact) mass is 224 g/mol. The first-order valence-electron chi connectivity index (χ1n) is 3.74. The van der Waals surface area contributed by atoms with Gasteiger partial charge in [0.2, 0.25) is 0 Å². The molecule has 0 aliphatic heterocycles. The van der Waals surface area contributed by atoms with Gasteiger partial charge in [-0.15, -0.1) is 0 Å². The minimum Gasteiger partial charge on any atom is -0.550 e. The molecule has 0 aromatic rings. The molecule has 5 heteroatoms. The van der Waals surface area contributed by atoms with Gasteiger partial charge >= 0.3 is 37.7 Å². The summed E-state index contributed by atoms with van der Waals surface area (Å²) in [5, 5.41) is 18.9. The Balaban J connectivity index is -0.000000177. The quantitative estimate of drug-likeness (QED) is 0.337. The van der Waals surface area contributed by atoms with Gasteiger partial charge in [0, 0.05) is 5.97 Å². The van der Waals surface area contributed by atoms with Gasteiger partial charge in [-0.2, -0.15) is 0 Å². The number of rotatable bonds is 3. The summed E-state index contributed by atoms with van der Waals surface area (Å²) >= 11 is 0. The summed E-state index contributed by atoms with van der Waals surface area (Å²) in [7, 11) is 0. The molecule has 0 N–H and O–H groups in total. The molecule has 4 nitrogen and oxygen atoms in total. The van der Waals surface area contributed by atoms with Crippen LogP contribution in [0.1, 0.15) is 20.3 Å². The summed E-state index contributed by atoms with van der Waals surface area (Å²) in [6.07, 6.45) is 5.85. The molecule has 0 fully saturated rings. The molecule has 0 spiro atoms. The zero-order valence-corrected chi connectivity index (χ0v) is 10.6. The molecule has 0 atom stereocenters. The van der Waals surface area contributed by atoms with Crippen LogP contribution in [0.2, 0.25) is 0 Å². The Bertz CT molecular complexity index is 209. The topological polar surface area (TPSA) is 80.3 Å². The molecule has 0 radical (unpaired) electrons. The van der Waals surface area contributed by atoms with Crippen LogP contribution >= 0.6 is 0 Å². The Hall–Kier alpha value is -0.320. The number of hydrogen-bond acceptors (Lipinski definition) is 4. The summed E-state index contributed by atoms with van der Waals surface area (Å²) in [4.78, 5) is 18.9. The van der Waals surface area contributed by atoms with Crippen molar-refractivity contribution in [2.75, 3.05) is 0 Å². The van der Waals surface area contributed by atoms with Gasteiger partial charge in [0.15, 0.2) is 0 Å². The number of carbonyl (C=O) groups excluding carboxylic acids is 2. The van der Waals surface area contributed by atoms with Crippen LogP contribution in [0.4, 0.5) is 0 Å². The van der Waals surface area contributed by atoms with Crippen LogP contribution in [-0.4, -0.2) is 49.7 Å². The van der Waals surface area contributed by atoms with Crippen molar-refractivity contribution < 1.29 is 19.8 Å². The van der Waals surface area contributed by atoms with E-state index >= 15 is 0 Å². The molecule has 0 aliphatic carbocycles. The van der Waals surface area contributed by atoms with Crippen LogP contribution in [0, 0.1) is 0 Å². The number of allylic oxidation sites excluding steroid dienone is 3. The van der Waals surface area contributed by atoms with Crippen LogP contribution in [0.3, 0.4) is 0 Å². The van der Waals surface area contributed by atoms with Crippen molar-refractivity contribution in [1.82, 2.24) is 0 Å². The predicted octanol–water partition coefficient (Wildman–Crippen LogP) is -1.37. The van der Waals surface area contributed by atoms with Crippen LogP contribution in [-0.2, 0) is 9.59 Å². The maximum absolute atomic E-state index is 9.64. The fraction of sp³-hybridized carbons (Fsp3) is 0.333. The first-order valence-corrected chi connectivity index (χ1v) is 3.74. The van der Waals surface area contributed by atoms with Gasteiger partial charge in [-0.3, -0.25) is 0 Å². The Labute approximate surface area is 113 Å². The Morgan fingerprint density at radius 1 is 1.21 bits per heavy atom. The minimum atomic E-state index is -1.16. The third-order valence-corrected chi connectivity index (χ3v) is 0.825. The second-order valence-electron chi connectivity index (χ2n) is 1.93. The zero-order valence-electron chi connectivity index (χ0n) is 8.36. The van der Waals surface area contributed by atoms with Crippen molar-refractivity contribution in [2.24, 2.45) is 0 Å². The van der Waals surface area contributed by atoms with Crippen molar-refractivity contribution in [3.05, 3.63) is 24.3 Å². The van der Waals surface area contributed by atoms with E-state index in [9.17, 15) is 19.8 Å². The molecule has 0 saturated heterocycles. The molecular formula is C9H12CaO4. The fourth-order valence-electron chi connectivity index (χ4n) is 0.245. The number of aliphatic carboxylic acids is 2. The molecule has 74 valence electrons. The maximum atomic E-state index is 9.64. The average Bonchev–Trinajstić information content (AvgIpc) is 2.05. The smallest absolute Gasteiger partial charge is 0.550 e. The molecular weight excluding hydrogens is 212 g/mol. The van der Waals surface area contributed by atoms with E-state index in [-0.39, 0.29) is 44.2 Å². The van der Waals surface area contributed by atoms with Crippen molar-refractivity contribution in [2.45, 2.75) is 20.3 Å². The van der Waals surface area contributed by atoms with E-state index < -0.39 is 11.9 Å². The van der Waals surface area contributed by atoms with Gasteiger partial charge in [-0.05, 0) is 19.4 Å². The SMILES string of the molecule is C/C=C/C=C/C(=O)[O-].CCC(=O)[O-].[Ca+2]. The second kappa shape index (κ2) is 15.2. The minimum absolute atomic E-state index is 0. The Morgan fingerprint density at radius 2 is 1.64 bits per heavy atom. The van der Waals surface area contributed by atoms with Crippen LogP contribution in [0.5, 0.6) is 0 Å². The van der Waals surface area contributed by atoms with Crippen molar-refractivity contribution in [3.8, 4) is 0 Å². The summed E-state index contributed by atoms with van der Waals surface area (Å²) < 4.78 is 0. The van der Waals surface area contributed by atoms with E-state index in [1.54, 1.807) is 19.1 Å². The largest absolute Gasteiger partial charge is 2.00 e. The molecule has 0 amide bonds. The van der Waals surface area contributed by atoms with Gasteiger partial charge in [-0.1, -0.05) is 25.2 Å². The molecule has 0 heterocycles. The van der Waals surface area contributed by atoms with E-state index in [2.05, 4.69) is 0 Å². The summed E-state index contributed by atoms with van der Waals surface area (Å²) in [5.41, 5.74) is 0. The first kappa shape index (κ1) is 19.3. The van der Waals surface area contributed by atoms with Crippen LogP contribution < -0.4 is 10.2 Å². The van der Waals surface area contributed by atoms with Crippen molar-refractivity contribution in [3.63, 3.8) is 0 Å². The van der Waals surface area contributed by atoms with E-state index in [0.717, 1.165) is 6.08 Å². The van der Waals surface area contributed by atoms with Crippen LogP contribution in [0.25, 0.3) is 0 Å². The Kier molecular flexibility index (Phi) is 20.9. The number of carboxylic acid groups (broad SMARTS) is 2. The Morgan fingerprint density at radius 3 is 1.86 bits per heavy atom. The molecule has 14 heavy (non-hydrogen) atoms. The van der Waals surface area contributed by atoms with E-state index in [4.69, 9.17) is 0 Å². The molecule has 0 unspecified atom stereocenters. The molecule has 0 aromatic heterocycles. The predicted molar refractivity (Wildman–Crippen MR) is 50.0 cm³/mol. The third kappa shape index (κ3) is 29.9. The number of hydrogen-bond donors (Lipinski definition) is 0. The molecule has 0 rings (SSSR count). The first-order chi connectivity index (χ1) is 6.04. The van der Waals surface area contributed by atoms with Crippen molar-refractivity contribution in [1.29, 1.82) is 0 Å².